The highest BCUT2D eigenvalue weighted by atomic mass is 35.5. The predicted octanol–water partition coefficient (Wildman–Crippen LogP) is 3.47. The average Bonchev–Trinajstić information content (AvgIpc) is 2.82. The molecule has 88 valence electrons. The van der Waals surface area contributed by atoms with Gasteiger partial charge in [0, 0.05) is 28.5 Å². The largest absolute Gasteiger partial charge is 0.306 e. The molecule has 0 aliphatic rings. The Morgan fingerprint density at radius 2 is 1.94 bits per heavy atom. The summed E-state index contributed by atoms with van der Waals surface area (Å²) in [7, 11) is 0. The first-order valence-electron chi connectivity index (χ1n) is 5.46. The van der Waals surface area contributed by atoms with Crippen LogP contribution >= 0.6 is 11.6 Å². The molecule has 0 bridgehead atoms. The van der Waals surface area contributed by atoms with Gasteiger partial charge in [0.15, 0.2) is 0 Å². The van der Waals surface area contributed by atoms with Gasteiger partial charge in [0.25, 0.3) is 0 Å². The number of pyridine rings is 1. The van der Waals surface area contributed by atoms with E-state index in [1.165, 1.54) is 0 Å². The molecule has 0 fully saturated rings. The third-order valence-corrected chi connectivity index (χ3v) is 3.01. The van der Waals surface area contributed by atoms with Crippen LogP contribution in [0.3, 0.4) is 0 Å². The number of carbonyl (C=O) groups is 1. The number of fused-ring (bicyclic) bond motifs is 1. The van der Waals surface area contributed by atoms with Crippen LogP contribution in [-0.2, 0) is 0 Å². The number of aldehydes is 1. The van der Waals surface area contributed by atoms with Crippen LogP contribution in [0, 0.1) is 0 Å². The third-order valence-electron chi connectivity index (χ3n) is 2.76. The zero-order chi connectivity index (χ0) is 12.5. The van der Waals surface area contributed by atoms with Crippen molar-refractivity contribution in [3.05, 3.63) is 59.4 Å². The van der Waals surface area contributed by atoms with Gasteiger partial charge in [-0.1, -0.05) is 23.7 Å². The first-order chi connectivity index (χ1) is 8.76. The molecular weight excluding hydrogens is 248 g/mol. The van der Waals surface area contributed by atoms with Gasteiger partial charge in [0.05, 0.1) is 5.69 Å². The zero-order valence-corrected chi connectivity index (χ0v) is 10.1. The van der Waals surface area contributed by atoms with Crippen LogP contribution in [0.1, 0.15) is 10.4 Å². The fourth-order valence-electron chi connectivity index (χ4n) is 1.83. The average molecular weight is 257 g/mol. The van der Waals surface area contributed by atoms with E-state index in [0.717, 1.165) is 23.2 Å². The lowest BCUT2D eigenvalue weighted by molar-refractivity contribution is 0.112. The Bertz CT molecular complexity index is 716. The van der Waals surface area contributed by atoms with E-state index in [2.05, 4.69) is 4.98 Å². The Balaban J connectivity index is 2.12. The highest BCUT2D eigenvalue weighted by Gasteiger charge is 2.04. The highest BCUT2D eigenvalue weighted by Crippen LogP contribution is 2.21. The first kappa shape index (κ1) is 11.0. The number of carbonyl (C=O) groups excluding carboxylic acids is 1. The molecule has 0 atom stereocenters. The fourth-order valence-corrected chi connectivity index (χ4v) is 1.96. The van der Waals surface area contributed by atoms with Crippen molar-refractivity contribution in [2.75, 3.05) is 0 Å². The van der Waals surface area contributed by atoms with Gasteiger partial charge in [-0.15, -0.1) is 0 Å². The zero-order valence-electron chi connectivity index (χ0n) is 9.38. The lowest BCUT2D eigenvalue weighted by atomic mass is 10.2. The molecular formula is C14H9ClN2O. The lowest BCUT2D eigenvalue weighted by Gasteiger charge is -1.94. The second-order valence-corrected chi connectivity index (χ2v) is 4.41. The lowest BCUT2D eigenvalue weighted by Crippen LogP contribution is -1.85. The van der Waals surface area contributed by atoms with Gasteiger partial charge >= 0.3 is 0 Å². The summed E-state index contributed by atoms with van der Waals surface area (Å²) in [6.07, 6.45) is 4.56. The number of halogens is 1. The van der Waals surface area contributed by atoms with E-state index in [1.807, 2.05) is 41.1 Å². The highest BCUT2D eigenvalue weighted by molar-refractivity contribution is 6.30. The third kappa shape index (κ3) is 1.89. The molecule has 0 unspecified atom stereocenters. The molecule has 1 aromatic carbocycles. The van der Waals surface area contributed by atoms with Crippen LogP contribution in [0.5, 0.6) is 0 Å². The second-order valence-electron chi connectivity index (χ2n) is 3.98. The van der Waals surface area contributed by atoms with Gasteiger partial charge in [0.1, 0.15) is 11.9 Å². The number of imidazole rings is 1. The minimum Gasteiger partial charge on any atom is -0.306 e. The van der Waals surface area contributed by atoms with Crippen LogP contribution in [0.15, 0.2) is 48.8 Å². The number of benzene rings is 1. The normalized spacial score (nSPS) is 10.7. The van der Waals surface area contributed by atoms with Crippen LogP contribution in [0.2, 0.25) is 5.02 Å². The number of hydrogen-bond acceptors (Lipinski definition) is 2. The van der Waals surface area contributed by atoms with Crippen LogP contribution < -0.4 is 0 Å². The van der Waals surface area contributed by atoms with Crippen molar-refractivity contribution in [2.24, 2.45) is 0 Å². The summed E-state index contributed by atoms with van der Waals surface area (Å²) in [5, 5.41) is 0.700. The second kappa shape index (κ2) is 4.27. The molecule has 3 nitrogen and oxygen atoms in total. The molecule has 4 heteroatoms. The summed E-state index contributed by atoms with van der Waals surface area (Å²) in [6.45, 7) is 0. The number of aromatic nitrogens is 2. The van der Waals surface area contributed by atoms with E-state index in [9.17, 15) is 4.79 Å². The molecule has 0 saturated heterocycles. The van der Waals surface area contributed by atoms with Crippen molar-refractivity contribution >= 4 is 23.5 Å². The van der Waals surface area contributed by atoms with E-state index >= 15 is 0 Å². The molecule has 18 heavy (non-hydrogen) atoms. The molecule has 0 saturated carbocycles. The van der Waals surface area contributed by atoms with Gasteiger partial charge in [-0.3, -0.25) is 4.79 Å². The topological polar surface area (TPSA) is 34.4 Å². The summed E-state index contributed by atoms with van der Waals surface area (Å²) in [4.78, 5) is 15.2. The smallest absolute Gasteiger partial charge is 0.150 e. The monoisotopic (exact) mass is 256 g/mol. The quantitative estimate of drug-likeness (QED) is 0.658. The summed E-state index contributed by atoms with van der Waals surface area (Å²) in [5.41, 5.74) is 3.23. The van der Waals surface area contributed by atoms with Crippen LogP contribution in [0.25, 0.3) is 16.9 Å². The Morgan fingerprint density at radius 3 is 2.67 bits per heavy atom. The standard InChI is InChI=1S/C14H9ClN2O/c15-12-3-1-11(2-4-12)13-8-17-6-5-10(9-18)7-14(17)16-13/h1-9H. The summed E-state index contributed by atoms with van der Waals surface area (Å²) < 4.78 is 1.89. The van der Waals surface area contributed by atoms with Crippen molar-refractivity contribution in [3.8, 4) is 11.3 Å². The Kier molecular flexibility index (Phi) is 2.61. The van der Waals surface area contributed by atoms with E-state index in [1.54, 1.807) is 12.1 Å². The van der Waals surface area contributed by atoms with Crippen LogP contribution in [-0.4, -0.2) is 15.7 Å². The first-order valence-corrected chi connectivity index (χ1v) is 5.84. The molecule has 0 amide bonds. The fraction of sp³-hybridized carbons (Fsp3) is 0. The van der Waals surface area contributed by atoms with Gasteiger partial charge in [-0.05, 0) is 24.3 Å². The molecule has 0 spiro atoms. The van der Waals surface area contributed by atoms with Crippen molar-refractivity contribution < 1.29 is 4.79 Å². The summed E-state index contributed by atoms with van der Waals surface area (Å²) in [5.74, 6) is 0. The van der Waals surface area contributed by atoms with E-state index < -0.39 is 0 Å². The van der Waals surface area contributed by atoms with Gasteiger partial charge in [0.2, 0.25) is 0 Å². The van der Waals surface area contributed by atoms with E-state index in [4.69, 9.17) is 11.6 Å². The minimum absolute atomic E-state index is 0.621. The van der Waals surface area contributed by atoms with Crippen molar-refractivity contribution in [3.63, 3.8) is 0 Å². The van der Waals surface area contributed by atoms with Gasteiger partial charge < -0.3 is 4.40 Å². The molecule has 3 aromatic rings. The number of nitrogens with zero attached hydrogens (tertiary/aromatic N) is 2. The maximum atomic E-state index is 10.7. The molecule has 2 aromatic heterocycles. The van der Waals surface area contributed by atoms with E-state index in [0.29, 0.717) is 10.6 Å². The Morgan fingerprint density at radius 1 is 1.17 bits per heavy atom. The SMILES string of the molecule is O=Cc1ccn2cc(-c3ccc(Cl)cc3)nc2c1. The molecule has 0 N–H and O–H groups in total. The van der Waals surface area contributed by atoms with Crippen molar-refractivity contribution in [2.45, 2.75) is 0 Å². The molecule has 3 rings (SSSR count). The maximum Gasteiger partial charge on any atom is 0.150 e. The van der Waals surface area contributed by atoms with Gasteiger partial charge in [-0.25, -0.2) is 4.98 Å². The van der Waals surface area contributed by atoms with E-state index in [-0.39, 0.29) is 0 Å². The van der Waals surface area contributed by atoms with Crippen molar-refractivity contribution in [1.29, 1.82) is 0 Å². The summed E-state index contributed by atoms with van der Waals surface area (Å²) >= 11 is 5.85. The van der Waals surface area contributed by atoms with Gasteiger partial charge in [-0.2, -0.15) is 0 Å². The van der Waals surface area contributed by atoms with Crippen molar-refractivity contribution in [1.82, 2.24) is 9.38 Å². The molecule has 0 aliphatic heterocycles. The number of rotatable bonds is 2. The summed E-state index contributed by atoms with van der Waals surface area (Å²) in [6, 6.07) is 11.0. The Hall–Kier alpha value is -2.13. The maximum absolute atomic E-state index is 10.7. The Labute approximate surface area is 109 Å². The van der Waals surface area contributed by atoms with Crippen LogP contribution in [0.4, 0.5) is 0 Å². The molecule has 2 heterocycles. The molecule has 0 radical (unpaired) electrons. The minimum atomic E-state index is 0.621. The number of hydrogen-bond donors (Lipinski definition) is 0. The molecule has 0 aliphatic carbocycles. The predicted molar refractivity (Wildman–Crippen MR) is 71.0 cm³/mol.